The smallest absolute Gasteiger partial charge is 0.213 e. The monoisotopic (exact) mass is 377 g/mol. The van der Waals surface area contributed by atoms with E-state index in [-0.39, 0.29) is 0 Å². The van der Waals surface area contributed by atoms with Crippen molar-refractivity contribution in [2.75, 3.05) is 20.4 Å². The normalized spacial score (nSPS) is 17.4. The molecule has 1 atom stereocenters. The molecule has 0 bridgehead atoms. The number of ether oxygens (including phenoxy) is 2. The minimum Gasteiger partial charge on any atom is -0.493 e. The summed E-state index contributed by atoms with van der Waals surface area (Å²) in [6.45, 7) is -0.0682. The van der Waals surface area contributed by atoms with Crippen LogP contribution in [0, 0.1) is 0 Å². The van der Waals surface area contributed by atoms with Crippen molar-refractivity contribution in [3.05, 3.63) is 83.3 Å². The van der Waals surface area contributed by atoms with Crippen LogP contribution >= 0.6 is 0 Å². The number of benzene rings is 1. The Balaban J connectivity index is 1.86. The number of rotatable bonds is 7. The Morgan fingerprint density at radius 2 is 1.89 bits per heavy atom. The molecule has 1 aliphatic rings. The fraction of sp³-hybridized carbons (Fsp3) is 0.227. The quantitative estimate of drug-likeness (QED) is 0.585. The minimum atomic E-state index is -0.778. The Bertz CT molecular complexity index is 1010. The molecule has 4 rings (SSSR count). The van der Waals surface area contributed by atoms with Crippen molar-refractivity contribution in [2.24, 2.45) is 4.99 Å². The average molecular weight is 377 g/mol. The van der Waals surface area contributed by atoms with E-state index in [1.165, 1.54) is 0 Å². The highest BCUT2D eigenvalue weighted by Gasteiger charge is 2.41. The van der Waals surface area contributed by atoms with Crippen molar-refractivity contribution in [2.45, 2.75) is 12.0 Å². The van der Waals surface area contributed by atoms with Gasteiger partial charge in [-0.25, -0.2) is 4.98 Å². The molecule has 0 saturated heterocycles. The van der Waals surface area contributed by atoms with Crippen LogP contribution in [-0.2, 0) is 5.54 Å². The van der Waals surface area contributed by atoms with Gasteiger partial charge in [0.05, 0.1) is 26.1 Å². The zero-order valence-corrected chi connectivity index (χ0v) is 15.5. The minimum absolute atomic E-state index is 0.331. The van der Waals surface area contributed by atoms with Gasteiger partial charge in [0.2, 0.25) is 5.88 Å². The number of hydrogen-bond acceptors (Lipinski definition) is 5. The molecule has 0 amide bonds. The fourth-order valence-electron chi connectivity index (χ4n) is 3.48. The van der Waals surface area contributed by atoms with E-state index in [0.717, 1.165) is 22.4 Å². The molecule has 3 heterocycles. The van der Waals surface area contributed by atoms with Crippen molar-refractivity contribution in [3.63, 3.8) is 0 Å². The van der Waals surface area contributed by atoms with E-state index in [4.69, 9.17) is 14.5 Å². The van der Waals surface area contributed by atoms with Crippen LogP contribution in [0.2, 0.25) is 0 Å². The van der Waals surface area contributed by atoms with E-state index in [1.807, 2.05) is 48.5 Å². The second-order valence-corrected chi connectivity index (χ2v) is 6.41. The number of pyridine rings is 2. The van der Waals surface area contributed by atoms with E-state index in [0.29, 0.717) is 24.7 Å². The van der Waals surface area contributed by atoms with Gasteiger partial charge < -0.3 is 9.47 Å². The third-order valence-electron chi connectivity index (χ3n) is 4.77. The molecule has 0 fully saturated rings. The first-order chi connectivity index (χ1) is 13.8. The van der Waals surface area contributed by atoms with Crippen LogP contribution in [0.5, 0.6) is 11.6 Å². The van der Waals surface area contributed by atoms with Crippen LogP contribution in [0.25, 0.3) is 0 Å². The Kier molecular flexibility index (Phi) is 5.02. The standard InChI is InChI=1S/C22H20FN3O2/c1-27-21-14-17(8-11-25-21)22(19-7-3-10-24-20(19)15-26-22)16-5-2-6-18(13-16)28-12-4-9-23/h2-3,5-8,10-11,13-15H,4,9,12H2,1H3. The molecule has 0 saturated carbocycles. The van der Waals surface area contributed by atoms with Crippen LogP contribution in [-0.4, -0.2) is 36.6 Å². The number of hydrogen-bond donors (Lipinski definition) is 0. The van der Waals surface area contributed by atoms with E-state index in [1.54, 1.807) is 25.7 Å². The first kappa shape index (κ1) is 18.1. The summed E-state index contributed by atoms with van der Waals surface area (Å²) in [5.74, 6) is 1.19. The molecule has 28 heavy (non-hydrogen) atoms. The van der Waals surface area contributed by atoms with Crippen LogP contribution in [0.1, 0.15) is 28.8 Å². The zero-order chi connectivity index (χ0) is 19.4. The molecule has 5 nitrogen and oxygen atoms in total. The number of aromatic nitrogens is 2. The molecule has 0 N–H and O–H groups in total. The highest BCUT2D eigenvalue weighted by molar-refractivity contribution is 5.86. The summed E-state index contributed by atoms with van der Waals surface area (Å²) in [6.07, 6.45) is 5.62. The van der Waals surface area contributed by atoms with Gasteiger partial charge in [0.15, 0.2) is 0 Å². The summed E-state index contributed by atoms with van der Waals surface area (Å²) >= 11 is 0. The molecule has 6 heteroatoms. The molecule has 0 spiro atoms. The third kappa shape index (κ3) is 3.11. The van der Waals surface area contributed by atoms with Crippen LogP contribution in [0.15, 0.2) is 65.9 Å². The number of alkyl halides is 1. The van der Waals surface area contributed by atoms with Crippen molar-refractivity contribution in [1.29, 1.82) is 0 Å². The summed E-state index contributed by atoms with van der Waals surface area (Å²) in [5, 5.41) is 0. The lowest BCUT2D eigenvalue weighted by atomic mass is 9.78. The molecule has 1 unspecified atom stereocenters. The van der Waals surface area contributed by atoms with Gasteiger partial charge in [-0.1, -0.05) is 18.2 Å². The lowest BCUT2D eigenvalue weighted by molar-refractivity contribution is 0.289. The van der Waals surface area contributed by atoms with Gasteiger partial charge in [0.25, 0.3) is 0 Å². The van der Waals surface area contributed by atoms with Crippen LogP contribution in [0.4, 0.5) is 4.39 Å². The predicted molar refractivity (Wildman–Crippen MR) is 105 cm³/mol. The van der Waals surface area contributed by atoms with Gasteiger partial charge >= 0.3 is 0 Å². The Morgan fingerprint density at radius 1 is 1.00 bits per heavy atom. The highest BCUT2D eigenvalue weighted by atomic mass is 19.1. The lowest BCUT2D eigenvalue weighted by Crippen LogP contribution is -2.25. The number of aliphatic imine (C=N–C) groups is 1. The van der Waals surface area contributed by atoms with Gasteiger partial charge in [0.1, 0.15) is 11.3 Å². The number of nitrogens with zero attached hydrogens (tertiary/aromatic N) is 3. The summed E-state index contributed by atoms with van der Waals surface area (Å²) < 4.78 is 23.5. The first-order valence-electron chi connectivity index (χ1n) is 9.08. The maximum atomic E-state index is 12.4. The molecular weight excluding hydrogens is 357 g/mol. The lowest BCUT2D eigenvalue weighted by Gasteiger charge is -2.29. The number of halogens is 1. The molecule has 1 aromatic carbocycles. The second kappa shape index (κ2) is 7.76. The predicted octanol–water partition coefficient (Wildman–Crippen LogP) is 3.95. The third-order valence-corrected chi connectivity index (χ3v) is 4.77. The molecule has 0 aliphatic carbocycles. The summed E-state index contributed by atoms with van der Waals surface area (Å²) in [4.78, 5) is 13.6. The molecule has 0 radical (unpaired) electrons. The first-order valence-corrected chi connectivity index (χ1v) is 9.08. The van der Waals surface area contributed by atoms with Crippen LogP contribution in [0.3, 0.4) is 0 Å². The van der Waals surface area contributed by atoms with Gasteiger partial charge in [-0.2, -0.15) is 0 Å². The zero-order valence-electron chi connectivity index (χ0n) is 15.5. The Hall–Kier alpha value is -3.28. The van der Waals surface area contributed by atoms with E-state index < -0.39 is 12.2 Å². The van der Waals surface area contributed by atoms with Crippen molar-refractivity contribution < 1.29 is 13.9 Å². The fourth-order valence-corrected chi connectivity index (χ4v) is 3.48. The maximum Gasteiger partial charge on any atom is 0.213 e. The van der Waals surface area contributed by atoms with E-state index in [2.05, 4.69) is 9.97 Å². The molecular formula is C22H20FN3O2. The average Bonchev–Trinajstić information content (AvgIpc) is 3.15. The summed E-state index contributed by atoms with van der Waals surface area (Å²) in [7, 11) is 1.59. The highest BCUT2D eigenvalue weighted by Crippen LogP contribution is 2.45. The van der Waals surface area contributed by atoms with Crippen molar-refractivity contribution >= 4 is 6.21 Å². The van der Waals surface area contributed by atoms with Crippen LogP contribution < -0.4 is 9.47 Å². The van der Waals surface area contributed by atoms with Crippen molar-refractivity contribution in [3.8, 4) is 11.6 Å². The largest absolute Gasteiger partial charge is 0.493 e. The summed E-state index contributed by atoms with van der Waals surface area (Å²) in [5.41, 5.74) is 2.87. The SMILES string of the molecule is COc1cc(C2(c3cccc(OCCCF)c3)N=Cc3ncccc32)ccn1. The Labute approximate surface area is 162 Å². The molecule has 2 aromatic heterocycles. The maximum absolute atomic E-state index is 12.4. The van der Waals surface area contributed by atoms with Gasteiger partial charge in [-0.3, -0.25) is 14.4 Å². The summed E-state index contributed by atoms with van der Waals surface area (Å²) in [6, 6.07) is 15.5. The topological polar surface area (TPSA) is 56.6 Å². The van der Waals surface area contributed by atoms with E-state index in [9.17, 15) is 4.39 Å². The number of fused-ring (bicyclic) bond motifs is 1. The van der Waals surface area contributed by atoms with Gasteiger partial charge in [-0.15, -0.1) is 0 Å². The number of methoxy groups -OCH3 is 1. The van der Waals surface area contributed by atoms with Gasteiger partial charge in [-0.05, 0) is 35.4 Å². The second-order valence-electron chi connectivity index (χ2n) is 6.41. The molecule has 142 valence electrons. The van der Waals surface area contributed by atoms with Gasteiger partial charge in [0, 0.05) is 36.7 Å². The van der Waals surface area contributed by atoms with E-state index >= 15 is 0 Å². The van der Waals surface area contributed by atoms with Crippen molar-refractivity contribution in [1.82, 2.24) is 9.97 Å². The Morgan fingerprint density at radius 3 is 2.75 bits per heavy atom. The molecule has 3 aromatic rings. The molecule has 1 aliphatic heterocycles.